The Labute approximate surface area is 126 Å². The summed E-state index contributed by atoms with van der Waals surface area (Å²) in [4.78, 5) is 12.3. The van der Waals surface area contributed by atoms with Crippen LogP contribution in [0.25, 0.3) is 0 Å². The number of anilines is 2. The molecule has 2 rings (SSSR count). The summed E-state index contributed by atoms with van der Waals surface area (Å²) in [7, 11) is 1.46. The molecule has 3 N–H and O–H groups in total. The van der Waals surface area contributed by atoms with Gasteiger partial charge in [0.05, 0.1) is 28.9 Å². The van der Waals surface area contributed by atoms with Crippen molar-refractivity contribution in [2.24, 2.45) is 0 Å². The van der Waals surface area contributed by atoms with Crippen LogP contribution in [0.5, 0.6) is 5.75 Å². The third-order valence-electron chi connectivity index (χ3n) is 2.90. The number of ether oxygens (including phenoxy) is 1. The number of para-hydroxylation sites is 2. The Morgan fingerprint density at radius 1 is 1.33 bits per heavy atom. The van der Waals surface area contributed by atoms with Crippen LogP contribution in [-0.4, -0.2) is 13.0 Å². The monoisotopic (exact) mass is 301 g/mol. The number of carbonyl (C=O) groups is 1. The zero-order valence-electron chi connectivity index (χ0n) is 11.2. The van der Waals surface area contributed by atoms with Gasteiger partial charge in [0.15, 0.2) is 0 Å². The van der Waals surface area contributed by atoms with Crippen LogP contribution < -0.4 is 15.8 Å². The van der Waals surface area contributed by atoms with Crippen molar-refractivity contribution in [3.63, 3.8) is 0 Å². The van der Waals surface area contributed by atoms with E-state index in [2.05, 4.69) is 5.32 Å². The van der Waals surface area contributed by atoms with Crippen molar-refractivity contribution in [1.82, 2.24) is 0 Å². The first kappa shape index (κ1) is 14.7. The van der Waals surface area contributed by atoms with Gasteiger partial charge in [-0.2, -0.15) is 5.26 Å². The number of nitriles is 1. The van der Waals surface area contributed by atoms with Crippen LogP contribution in [0.3, 0.4) is 0 Å². The number of hydrogen-bond acceptors (Lipinski definition) is 4. The van der Waals surface area contributed by atoms with Crippen molar-refractivity contribution in [1.29, 1.82) is 5.26 Å². The van der Waals surface area contributed by atoms with Crippen molar-refractivity contribution in [3.8, 4) is 11.8 Å². The Morgan fingerprint density at radius 2 is 2.05 bits per heavy atom. The number of hydrogen-bond donors (Lipinski definition) is 2. The van der Waals surface area contributed by atoms with Gasteiger partial charge in [-0.15, -0.1) is 0 Å². The average molecular weight is 302 g/mol. The van der Waals surface area contributed by atoms with Crippen LogP contribution in [0.1, 0.15) is 15.9 Å². The predicted octanol–water partition coefficient (Wildman–Crippen LogP) is 3.05. The summed E-state index contributed by atoms with van der Waals surface area (Å²) >= 11 is 5.90. The molecule has 2 aromatic rings. The molecule has 0 aromatic heterocycles. The van der Waals surface area contributed by atoms with Crippen LogP contribution in [-0.2, 0) is 0 Å². The lowest BCUT2D eigenvalue weighted by Crippen LogP contribution is -2.15. The van der Waals surface area contributed by atoms with Gasteiger partial charge in [0, 0.05) is 0 Å². The maximum atomic E-state index is 12.3. The SMILES string of the molecule is COc1cccc(C#N)c1NC(=O)c1cccc(Cl)c1N. The summed E-state index contributed by atoms with van der Waals surface area (Å²) in [5.74, 6) is -0.0704. The standard InChI is InChI=1S/C15H12ClN3O2/c1-21-12-7-2-4-9(8-17)14(12)19-15(20)10-5-3-6-11(16)13(10)18/h2-7H,18H2,1H3,(H,19,20). The molecule has 0 saturated carbocycles. The second kappa shape index (κ2) is 6.16. The lowest BCUT2D eigenvalue weighted by molar-refractivity contribution is 0.102. The number of nitrogens with one attached hydrogen (secondary N) is 1. The predicted molar refractivity (Wildman–Crippen MR) is 81.5 cm³/mol. The van der Waals surface area contributed by atoms with Crippen molar-refractivity contribution in [3.05, 3.63) is 52.5 Å². The molecule has 6 heteroatoms. The summed E-state index contributed by atoms with van der Waals surface area (Å²) < 4.78 is 5.16. The minimum absolute atomic E-state index is 0.185. The maximum absolute atomic E-state index is 12.3. The van der Waals surface area contributed by atoms with E-state index in [0.29, 0.717) is 22.0 Å². The van der Waals surface area contributed by atoms with Crippen molar-refractivity contribution < 1.29 is 9.53 Å². The molecule has 0 aliphatic rings. The highest BCUT2D eigenvalue weighted by molar-refractivity contribution is 6.34. The van der Waals surface area contributed by atoms with E-state index in [1.165, 1.54) is 7.11 Å². The summed E-state index contributed by atoms with van der Waals surface area (Å²) in [6, 6.07) is 11.7. The molecule has 0 spiro atoms. The van der Waals surface area contributed by atoms with Gasteiger partial charge in [0.2, 0.25) is 0 Å². The highest BCUT2D eigenvalue weighted by Gasteiger charge is 2.16. The van der Waals surface area contributed by atoms with E-state index in [9.17, 15) is 4.79 Å². The molecule has 0 fully saturated rings. The molecular formula is C15H12ClN3O2. The Balaban J connectivity index is 2.41. The van der Waals surface area contributed by atoms with Gasteiger partial charge in [0.1, 0.15) is 17.5 Å². The summed E-state index contributed by atoms with van der Waals surface area (Å²) in [6.07, 6.45) is 0. The van der Waals surface area contributed by atoms with E-state index in [4.69, 9.17) is 27.3 Å². The number of rotatable bonds is 3. The zero-order chi connectivity index (χ0) is 15.4. The first-order chi connectivity index (χ1) is 10.1. The number of benzene rings is 2. The number of nitrogens with two attached hydrogens (primary N) is 1. The third-order valence-corrected chi connectivity index (χ3v) is 3.23. The van der Waals surface area contributed by atoms with Gasteiger partial charge >= 0.3 is 0 Å². The Morgan fingerprint density at radius 3 is 2.71 bits per heavy atom. The molecule has 2 aromatic carbocycles. The van der Waals surface area contributed by atoms with Gasteiger partial charge < -0.3 is 15.8 Å². The largest absolute Gasteiger partial charge is 0.495 e. The van der Waals surface area contributed by atoms with Gasteiger partial charge in [-0.1, -0.05) is 23.7 Å². The lowest BCUT2D eigenvalue weighted by Gasteiger charge is -2.13. The molecule has 0 atom stereocenters. The fourth-order valence-corrected chi connectivity index (χ4v) is 2.01. The smallest absolute Gasteiger partial charge is 0.257 e. The van der Waals surface area contributed by atoms with Gasteiger partial charge in [-0.25, -0.2) is 0 Å². The molecule has 1 amide bonds. The van der Waals surface area contributed by atoms with Gasteiger partial charge in [-0.05, 0) is 24.3 Å². The van der Waals surface area contributed by atoms with E-state index in [1.807, 2.05) is 6.07 Å². The first-order valence-corrected chi connectivity index (χ1v) is 6.38. The van der Waals surface area contributed by atoms with Crippen LogP contribution in [0.4, 0.5) is 11.4 Å². The molecule has 0 aliphatic heterocycles. The van der Waals surface area contributed by atoms with E-state index < -0.39 is 5.91 Å². The number of nitrogens with zero attached hydrogens (tertiary/aromatic N) is 1. The third kappa shape index (κ3) is 2.91. The van der Waals surface area contributed by atoms with Crippen molar-refractivity contribution in [2.75, 3.05) is 18.2 Å². The van der Waals surface area contributed by atoms with Crippen LogP contribution >= 0.6 is 11.6 Å². The highest BCUT2D eigenvalue weighted by atomic mass is 35.5. The Hall–Kier alpha value is -2.71. The van der Waals surface area contributed by atoms with Crippen LogP contribution in [0.2, 0.25) is 5.02 Å². The quantitative estimate of drug-likeness (QED) is 0.853. The first-order valence-electron chi connectivity index (χ1n) is 6.01. The Kier molecular flexibility index (Phi) is 4.31. The minimum Gasteiger partial charge on any atom is -0.495 e. The Bertz CT molecular complexity index is 738. The van der Waals surface area contributed by atoms with E-state index in [0.717, 1.165) is 0 Å². The number of amides is 1. The number of methoxy groups -OCH3 is 1. The van der Waals surface area contributed by atoms with E-state index >= 15 is 0 Å². The molecule has 0 aliphatic carbocycles. The topological polar surface area (TPSA) is 88.1 Å². The fraction of sp³-hybridized carbons (Fsp3) is 0.0667. The fourth-order valence-electron chi connectivity index (χ4n) is 1.84. The van der Waals surface area contributed by atoms with Crippen molar-refractivity contribution in [2.45, 2.75) is 0 Å². The zero-order valence-corrected chi connectivity index (χ0v) is 11.9. The summed E-state index contributed by atoms with van der Waals surface area (Å²) in [5.41, 5.74) is 6.80. The summed E-state index contributed by atoms with van der Waals surface area (Å²) in [6.45, 7) is 0. The molecule has 0 saturated heterocycles. The maximum Gasteiger partial charge on any atom is 0.257 e. The number of nitrogen functional groups attached to an aromatic ring is 1. The van der Waals surface area contributed by atoms with Crippen LogP contribution in [0.15, 0.2) is 36.4 Å². The molecule has 0 radical (unpaired) electrons. The second-order valence-corrected chi connectivity index (χ2v) is 4.56. The molecule has 0 unspecified atom stereocenters. The second-order valence-electron chi connectivity index (χ2n) is 4.15. The summed E-state index contributed by atoms with van der Waals surface area (Å²) in [5, 5.41) is 12.1. The normalized spacial score (nSPS) is 9.76. The van der Waals surface area contributed by atoms with E-state index in [1.54, 1.807) is 36.4 Å². The molecule has 106 valence electrons. The lowest BCUT2D eigenvalue weighted by atomic mass is 10.1. The molecule has 0 bridgehead atoms. The molecule has 5 nitrogen and oxygen atoms in total. The van der Waals surface area contributed by atoms with Gasteiger partial charge in [-0.3, -0.25) is 4.79 Å². The average Bonchev–Trinajstić information content (AvgIpc) is 2.50. The van der Waals surface area contributed by atoms with Gasteiger partial charge in [0.25, 0.3) is 5.91 Å². The number of halogens is 1. The van der Waals surface area contributed by atoms with Crippen molar-refractivity contribution >= 4 is 28.9 Å². The molecular weight excluding hydrogens is 290 g/mol. The van der Waals surface area contributed by atoms with E-state index in [-0.39, 0.29) is 11.3 Å². The number of carbonyl (C=O) groups excluding carboxylic acids is 1. The highest BCUT2D eigenvalue weighted by Crippen LogP contribution is 2.29. The molecule has 0 heterocycles. The van der Waals surface area contributed by atoms with Crippen LogP contribution in [0, 0.1) is 11.3 Å². The minimum atomic E-state index is -0.462. The molecule has 21 heavy (non-hydrogen) atoms.